The van der Waals surface area contributed by atoms with E-state index in [-0.39, 0.29) is 12.1 Å². The van der Waals surface area contributed by atoms with Gasteiger partial charge in [-0.25, -0.2) is 0 Å². The van der Waals surface area contributed by atoms with Crippen LogP contribution in [0.25, 0.3) is 0 Å². The van der Waals surface area contributed by atoms with Crippen molar-refractivity contribution in [3.8, 4) is 0 Å². The van der Waals surface area contributed by atoms with Crippen LogP contribution >= 0.6 is 0 Å². The maximum atomic E-state index is 13.1. The van der Waals surface area contributed by atoms with Gasteiger partial charge in [0.1, 0.15) is 0 Å². The van der Waals surface area contributed by atoms with Crippen LogP contribution in [-0.2, 0) is 16.2 Å². The predicted molar refractivity (Wildman–Crippen MR) is 91.4 cm³/mol. The molecule has 10 heteroatoms. The van der Waals surface area contributed by atoms with Gasteiger partial charge in [0.15, 0.2) is 0 Å². The molecule has 0 saturated carbocycles. The Hall–Kier alpha value is -2.23. The quantitative estimate of drug-likeness (QED) is 0.623. The Morgan fingerprint density at radius 1 is 0.964 bits per heavy atom. The number of sulfonamides is 1. The highest BCUT2D eigenvalue weighted by molar-refractivity contribution is 7.93. The van der Waals surface area contributed by atoms with Crippen molar-refractivity contribution in [1.29, 1.82) is 0 Å². The number of alkyl halides is 6. The van der Waals surface area contributed by atoms with Gasteiger partial charge >= 0.3 is 21.7 Å². The van der Waals surface area contributed by atoms with Gasteiger partial charge in [-0.05, 0) is 48.2 Å². The van der Waals surface area contributed by atoms with Crippen molar-refractivity contribution in [3.05, 3.63) is 64.7 Å². The fourth-order valence-corrected chi connectivity index (χ4v) is 4.32. The minimum Gasteiger partial charge on any atom is -0.262 e. The lowest BCUT2D eigenvalue weighted by Gasteiger charge is -2.35. The average Bonchev–Trinajstić information content (AvgIpc) is 2.59. The van der Waals surface area contributed by atoms with Crippen LogP contribution in [0.15, 0.2) is 42.5 Å². The Morgan fingerprint density at radius 2 is 1.57 bits per heavy atom. The van der Waals surface area contributed by atoms with Gasteiger partial charge in [0, 0.05) is 12.5 Å². The summed E-state index contributed by atoms with van der Waals surface area (Å²) in [5, 5.41) is 0. The van der Waals surface area contributed by atoms with Crippen molar-refractivity contribution in [3.63, 3.8) is 0 Å². The van der Waals surface area contributed by atoms with Gasteiger partial charge in [0.05, 0.1) is 11.3 Å². The van der Waals surface area contributed by atoms with Crippen molar-refractivity contribution in [1.82, 2.24) is 0 Å². The van der Waals surface area contributed by atoms with Crippen molar-refractivity contribution >= 4 is 15.7 Å². The second kappa shape index (κ2) is 6.68. The number of hydrogen-bond donors (Lipinski definition) is 0. The molecular weight excluding hydrogens is 408 g/mol. The molecule has 0 spiro atoms. The third-order valence-corrected chi connectivity index (χ3v) is 6.22. The highest BCUT2D eigenvalue weighted by Crippen LogP contribution is 2.44. The molecule has 152 valence electrons. The number of aryl methyl sites for hydroxylation is 1. The lowest BCUT2D eigenvalue weighted by atomic mass is 9.84. The Balaban J connectivity index is 2.07. The zero-order chi connectivity index (χ0) is 20.9. The van der Waals surface area contributed by atoms with E-state index in [2.05, 4.69) is 0 Å². The maximum absolute atomic E-state index is 13.1. The minimum atomic E-state index is -5.58. The van der Waals surface area contributed by atoms with Gasteiger partial charge in [-0.3, -0.25) is 4.31 Å². The van der Waals surface area contributed by atoms with Crippen LogP contribution in [0.5, 0.6) is 0 Å². The third-order valence-electron chi connectivity index (χ3n) is 4.67. The first-order chi connectivity index (χ1) is 12.8. The fourth-order valence-electron chi connectivity index (χ4n) is 3.31. The standard InChI is InChI=1S/C18H15F6NO2S/c1-11-2-7-15-14(12-3-5-13(6-4-12)17(19,20)21)8-9-25(16(15)10-11)28(26,27)18(22,23)24/h2-7,10,14H,8-9H2,1H3. The summed E-state index contributed by atoms with van der Waals surface area (Å²) in [6.07, 6.45) is -4.49. The number of nitrogens with zero attached hydrogens (tertiary/aromatic N) is 1. The predicted octanol–water partition coefficient (Wildman–Crippen LogP) is 5.21. The van der Waals surface area contributed by atoms with E-state index in [0.29, 0.717) is 21.0 Å². The molecule has 0 fully saturated rings. The van der Waals surface area contributed by atoms with Gasteiger partial charge in [-0.1, -0.05) is 24.3 Å². The number of fused-ring (bicyclic) bond motifs is 1. The van der Waals surface area contributed by atoms with Gasteiger partial charge in [-0.15, -0.1) is 0 Å². The molecule has 2 aromatic carbocycles. The van der Waals surface area contributed by atoms with E-state index >= 15 is 0 Å². The number of halogens is 6. The lowest BCUT2D eigenvalue weighted by Crippen LogP contribution is -2.44. The Morgan fingerprint density at radius 3 is 2.11 bits per heavy atom. The van der Waals surface area contributed by atoms with Crippen molar-refractivity contribution in [2.45, 2.75) is 30.9 Å². The van der Waals surface area contributed by atoms with Crippen LogP contribution in [0.3, 0.4) is 0 Å². The van der Waals surface area contributed by atoms with Crippen LogP contribution in [-0.4, -0.2) is 20.5 Å². The monoisotopic (exact) mass is 423 g/mol. The summed E-state index contributed by atoms with van der Waals surface area (Å²) >= 11 is 0. The number of anilines is 1. The van der Waals surface area contributed by atoms with Crippen LogP contribution < -0.4 is 4.31 Å². The smallest absolute Gasteiger partial charge is 0.262 e. The fraction of sp³-hybridized carbons (Fsp3) is 0.333. The first-order valence-corrected chi connectivity index (χ1v) is 9.63. The van der Waals surface area contributed by atoms with E-state index < -0.39 is 39.7 Å². The first-order valence-electron chi connectivity index (χ1n) is 8.19. The van der Waals surface area contributed by atoms with Crippen molar-refractivity contribution < 1.29 is 34.8 Å². The zero-order valence-corrected chi connectivity index (χ0v) is 15.3. The van der Waals surface area contributed by atoms with E-state index in [1.54, 1.807) is 13.0 Å². The molecule has 3 nitrogen and oxygen atoms in total. The molecule has 3 rings (SSSR count). The summed E-state index contributed by atoms with van der Waals surface area (Å²) in [7, 11) is -5.58. The second-order valence-corrected chi connectivity index (χ2v) is 8.40. The zero-order valence-electron chi connectivity index (χ0n) is 14.5. The summed E-state index contributed by atoms with van der Waals surface area (Å²) in [4.78, 5) is 0. The largest absolute Gasteiger partial charge is 0.516 e. The molecule has 1 heterocycles. The van der Waals surface area contributed by atoms with E-state index in [9.17, 15) is 34.8 Å². The maximum Gasteiger partial charge on any atom is 0.516 e. The van der Waals surface area contributed by atoms with E-state index in [4.69, 9.17) is 0 Å². The Kier molecular flexibility index (Phi) is 4.89. The van der Waals surface area contributed by atoms with Gasteiger partial charge in [0.2, 0.25) is 0 Å². The Labute approximate surface area is 157 Å². The van der Waals surface area contributed by atoms with Crippen molar-refractivity contribution in [2.75, 3.05) is 10.8 Å². The molecule has 0 aliphatic carbocycles. The molecule has 1 aliphatic rings. The average molecular weight is 423 g/mol. The van der Waals surface area contributed by atoms with Crippen LogP contribution in [0, 0.1) is 6.92 Å². The molecular formula is C18H15F6NO2S. The molecule has 0 aromatic heterocycles. The SMILES string of the molecule is Cc1ccc2c(c1)N(S(=O)(=O)C(F)(F)F)CCC2c1ccc(C(F)(F)F)cc1. The molecule has 0 saturated heterocycles. The number of hydrogen-bond acceptors (Lipinski definition) is 2. The number of benzene rings is 2. The summed E-state index contributed by atoms with van der Waals surface area (Å²) < 4.78 is 102. The topological polar surface area (TPSA) is 37.4 Å². The highest BCUT2D eigenvalue weighted by atomic mass is 32.2. The molecule has 2 aromatic rings. The van der Waals surface area contributed by atoms with E-state index in [0.717, 1.165) is 12.1 Å². The molecule has 0 N–H and O–H groups in total. The normalized spacial score (nSPS) is 18.1. The molecule has 1 aliphatic heterocycles. The Bertz CT molecular complexity index is 981. The van der Waals surface area contributed by atoms with Crippen LogP contribution in [0.4, 0.5) is 32.0 Å². The van der Waals surface area contributed by atoms with Gasteiger partial charge in [-0.2, -0.15) is 34.8 Å². The van der Waals surface area contributed by atoms with Crippen molar-refractivity contribution in [2.24, 2.45) is 0 Å². The van der Waals surface area contributed by atoms with E-state index in [1.807, 2.05) is 0 Å². The molecule has 0 bridgehead atoms. The van der Waals surface area contributed by atoms with E-state index in [1.165, 1.54) is 24.3 Å². The molecule has 1 atom stereocenters. The summed E-state index contributed by atoms with van der Waals surface area (Å²) in [5.41, 5.74) is -5.03. The van der Waals surface area contributed by atoms with Crippen LogP contribution in [0.2, 0.25) is 0 Å². The lowest BCUT2D eigenvalue weighted by molar-refractivity contribution is -0.137. The molecule has 0 amide bonds. The number of rotatable bonds is 2. The second-order valence-electron chi connectivity index (χ2n) is 6.55. The molecule has 0 radical (unpaired) electrons. The minimum absolute atomic E-state index is 0.0107. The third kappa shape index (κ3) is 3.57. The van der Waals surface area contributed by atoms with Gasteiger partial charge < -0.3 is 0 Å². The summed E-state index contributed by atoms with van der Waals surface area (Å²) in [6, 6.07) is 8.83. The van der Waals surface area contributed by atoms with Crippen LogP contribution in [0.1, 0.15) is 34.6 Å². The first kappa shape index (κ1) is 20.5. The molecule has 1 unspecified atom stereocenters. The highest BCUT2D eigenvalue weighted by Gasteiger charge is 2.51. The van der Waals surface area contributed by atoms with Gasteiger partial charge in [0.25, 0.3) is 0 Å². The molecule has 28 heavy (non-hydrogen) atoms. The summed E-state index contributed by atoms with van der Waals surface area (Å²) in [5.74, 6) is -0.516. The summed E-state index contributed by atoms with van der Waals surface area (Å²) in [6.45, 7) is 1.18.